The molecule has 3 aromatic carbocycles. The Hall–Kier alpha value is -4.39. The van der Waals surface area contributed by atoms with Crippen LogP contribution < -0.4 is 15.8 Å². The molecular formula is C31H33N3O4. The lowest BCUT2D eigenvalue weighted by atomic mass is 9.98. The van der Waals surface area contributed by atoms with Gasteiger partial charge in [-0.2, -0.15) is 0 Å². The first-order valence-electron chi connectivity index (χ1n) is 12.7. The Kier molecular flexibility index (Phi) is 7.96. The van der Waals surface area contributed by atoms with E-state index in [1.807, 2.05) is 105 Å². The van der Waals surface area contributed by atoms with Crippen LogP contribution in [0.1, 0.15) is 55.2 Å². The molecule has 1 heterocycles. The van der Waals surface area contributed by atoms with Gasteiger partial charge < -0.3 is 19.9 Å². The highest BCUT2D eigenvalue weighted by Crippen LogP contribution is 2.36. The van der Waals surface area contributed by atoms with Crippen LogP contribution in [0, 0.1) is 0 Å². The second-order valence-electron chi connectivity index (χ2n) is 10.1. The third kappa shape index (κ3) is 5.94. The number of nitrogens with zero attached hydrogens (tertiary/aromatic N) is 1. The Balaban J connectivity index is 2.06. The molecule has 196 valence electrons. The Bertz CT molecular complexity index is 1470. The normalized spacial score (nSPS) is 12.1. The van der Waals surface area contributed by atoms with Gasteiger partial charge in [-0.3, -0.25) is 9.59 Å². The molecule has 1 unspecified atom stereocenters. The van der Waals surface area contributed by atoms with Crippen molar-refractivity contribution in [1.29, 1.82) is 0 Å². The second kappa shape index (κ2) is 11.3. The summed E-state index contributed by atoms with van der Waals surface area (Å²) < 4.78 is 5.34. The summed E-state index contributed by atoms with van der Waals surface area (Å²) in [6.07, 6.45) is 0. The first-order chi connectivity index (χ1) is 18.2. The maximum atomic E-state index is 14.0. The van der Waals surface area contributed by atoms with Crippen molar-refractivity contribution in [1.82, 2.24) is 10.3 Å². The van der Waals surface area contributed by atoms with Crippen LogP contribution in [0.5, 0.6) is 0 Å². The molecule has 4 aromatic rings. The van der Waals surface area contributed by atoms with Crippen molar-refractivity contribution in [3.63, 3.8) is 0 Å². The van der Waals surface area contributed by atoms with Gasteiger partial charge in [0.15, 0.2) is 0 Å². The van der Waals surface area contributed by atoms with Crippen LogP contribution in [0.15, 0.2) is 89.7 Å². The monoisotopic (exact) mass is 511 g/mol. The predicted octanol–water partition coefficient (Wildman–Crippen LogP) is 5.37. The molecule has 1 atom stereocenters. The number of aromatic nitrogens is 1. The third-order valence-corrected chi connectivity index (χ3v) is 6.03. The molecule has 4 rings (SSSR count). The minimum atomic E-state index is -0.853. The number of hydrogen-bond acceptors (Lipinski definition) is 5. The molecule has 0 spiro atoms. The van der Waals surface area contributed by atoms with E-state index in [4.69, 9.17) is 4.74 Å². The maximum Gasteiger partial charge on any atom is 0.345 e. The average molecular weight is 512 g/mol. The number of carbonyl (C=O) groups is 2. The Morgan fingerprint density at radius 1 is 0.921 bits per heavy atom. The van der Waals surface area contributed by atoms with Crippen LogP contribution in [0.2, 0.25) is 0 Å². The summed E-state index contributed by atoms with van der Waals surface area (Å²) in [6, 6.07) is 25.5. The molecule has 38 heavy (non-hydrogen) atoms. The van der Waals surface area contributed by atoms with Crippen LogP contribution in [-0.2, 0) is 16.1 Å². The number of anilines is 1. The van der Waals surface area contributed by atoms with Crippen molar-refractivity contribution in [3.8, 4) is 0 Å². The molecule has 1 aromatic heterocycles. The molecule has 0 bridgehead atoms. The fraction of sp³-hybridized carbons (Fsp3) is 0.258. The van der Waals surface area contributed by atoms with E-state index < -0.39 is 23.1 Å². The molecule has 0 aliphatic carbocycles. The average Bonchev–Trinajstić information content (AvgIpc) is 2.88. The van der Waals surface area contributed by atoms with Gasteiger partial charge in [-0.15, -0.1) is 0 Å². The zero-order valence-electron chi connectivity index (χ0n) is 22.2. The first kappa shape index (κ1) is 26.7. The van der Waals surface area contributed by atoms with Crippen LogP contribution in [-0.4, -0.2) is 29.0 Å². The van der Waals surface area contributed by atoms with Crippen molar-refractivity contribution >= 4 is 28.5 Å². The zero-order valence-corrected chi connectivity index (χ0v) is 22.2. The number of aromatic amines is 1. The topological polar surface area (TPSA) is 91.5 Å². The van der Waals surface area contributed by atoms with E-state index in [1.54, 1.807) is 13.0 Å². The zero-order chi connectivity index (χ0) is 27.3. The fourth-order valence-electron chi connectivity index (χ4n) is 4.54. The Morgan fingerprint density at radius 2 is 1.53 bits per heavy atom. The van der Waals surface area contributed by atoms with E-state index >= 15 is 0 Å². The van der Waals surface area contributed by atoms with E-state index in [0.717, 1.165) is 11.1 Å². The summed E-state index contributed by atoms with van der Waals surface area (Å²) in [5.41, 5.74) is 1.33. The van der Waals surface area contributed by atoms with Gasteiger partial charge >= 0.3 is 5.97 Å². The standard InChI is InChI=1S/C31H33N3O4/c1-5-38-30(37)25-27(23-18-12-13-19-24(23)32-28(25)35)34(20-21-14-8-6-9-15-21)26(22-16-10-7-11-17-22)29(36)33-31(2,3)4/h6-19,26H,5,20H2,1-4H3,(H,32,35)(H,33,36). The van der Waals surface area contributed by atoms with Crippen LogP contribution in [0.4, 0.5) is 5.69 Å². The number of H-pyrrole nitrogens is 1. The van der Waals surface area contributed by atoms with E-state index in [1.165, 1.54) is 0 Å². The summed E-state index contributed by atoms with van der Waals surface area (Å²) in [4.78, 5) is 45.4. The van der Waals surface area contributed by atoms with Crippen LogP contribution >= 0.6 is 0 Å². The van der Waals surface area contributed by atoms with Gasteiger partial charge in [-0.1, -0.05) is 78.9 Å². The summed E-state index contributed by atoms with van der Waals surface area (Å²) in [5, 5.41) is 3.74. The largest absolute Gasteiger partial charge is 0.462 e. The number of benzene rings is 3. The highest BCUT2D eigenvalue weighted by Gasteiger charge is 2.35. The quantitative estimate of drug-likeness (QED) is 0.311. The highest BCUT2D eigenvalue weighted by atomic mass is 16.5. The minimum Gasteiger partial charge on any atom is -0.462 e. The molecule has 7 heteroatoms. The van der Waals surface area contributed by atoms with Gasteiger partial charge in [0.2, 0.25) is 5.91 Å². The van der Waals surface area contributed by atoms with Crippen molar-refractivity contribution in [2.75, 3.05) is 11.5 Å². The predicted molar refractivity (Wildman–Crippen MR) is 150 cm³/mol. The number of pyridine rings is 1. The number of amides is 1. The lowest BCUT2D eigenvalue weighted by molar-refractivity contribution is -0.124. The van der Waals surface area contributed by atoms with E-state index in [-0.39, 0.29) is 24.6 Å². The smallest absolute Gasteiger partial charge is 0.345 e. The number of carbonyl (C=O) groups excluding carboxylic acids is 2. The molecule has 7 nitrogen and oxygen atoms in total. The summed E-state index contributed by atoms with van der Waals surface area (Å²) in [5.74, 6) is -0.991. The van der Waals surface area contributed by atoms with Crippen molar-refractivity contribution in [3.05, 3.63) is 112 Å². The molecule has 0 saturated heterocycles. The molecule has 0 aliphatic rings. The number of esters is 1. The number of fused-ring (bicyclic) bond motifs is 1. The fourth-order valence-corrected chi connectivity index (χ4v) is 4.54. The summed E-state index contributed by atoms with van der Waals surface area (Å²) in [6.45, 7) is 7.81. The Morgan fingerprint density at radius 3 is 2.16 bits per heavy atom. The molecule has 0 radical (unpaired) electrons. The van der Waals surface area contributed by atoms with E-state index in [2.05, 4.69) is 10.3 Å². The molecule has 1 amide bonds. The Labute approximate surface area is 222 Å². The molecule has 2 N–H and O–H groups in total. The number of ether oxygens (including phenoxy) is 1. The summed E-state index contributed by atoms with van der Waals surface area (Å²) >= 11 is 0. The van der Waals surface area contributed by atoms with Gasteiger partial charge in [-0.05, 0) is 44.9 Å². The second-order valence-corrected chi connectivity index (χ2v) is 10.1. The number of para-hydroxylation sites is 1. The van der Waals surface area contributed by atoms with Crippen LogP contribution in [0.3, 0.4) is 0 Å². The van der Waals surface area contributed by atoms with Crippen molar-refractivity contribution in [2.24, 2.45) is 0 Å². The SMILES string of the molecule is CCOC(=O)c1c(N(Cc2ccccc2)C(C(=O)NC(C)(C)C)c2ccccc2)c2ccccc2[nH]c1=O. The molecule has 0 fully saturated rings. The van der Waals surface area contributed by atoms with E-state index in [0.29, 0.717) is 16.6 Å². The maximum absolute atomic E-state index is 14.0. The van der Waals surface area contributed by atoms with Crippen LogP contribution in [0.25, 0.3) is 10.9 Å². The number of rotatable bonds is 8. The van der Waals surface area contributed by atoms with Gasteiger partial charge in [0, 0.05) is 17.5 Å². The third-order valence-electron chi connectivity index (χ3n) is 6.03. The summed E-state index contributed by atoms with van der Waals surface area (Å²) in [7, 11) is 0. The van der Waals surface area contributed by atoms with E-state index in [9.17, 15) is 14.4 Å². The lowest BCUT2D eigenvalue weighted by Gasteiger charge is -2.36. The first-order valence-corrected chi connectivity index (χ1v) is 12.7. The van der Waals surface area contributed by atoms with Gasteiger partial charge in [0.1, 0.15) is 11.6 Å². The molecule has 0 saturated carbocycles. The molecule has 0 aliphatic heterocycles. The number of hydrogen-bond donors (Lipinski definition) is 2. The van der Waals surface area contributed by atoms with Gasteiger partial charge in [0.25, 0.3) is 5.56 Å². The number of nitrogens with one attached hydrogen (secondary N) is 2. The van der Waals surface area contributed by atoms with Gasteiger partial charge in [0.05, 0.1) is 17.8 Å². The van der Waals surface area contributed by atoms with Crippen molar-refractivity contribution < 1.29 is 14.3 Å². The highest BCUT2D eigenvalue weighted by molar-refractivity contribution is 6.06. The van der Waals surface area contributed by atoms with Crippen molar-refractivity contribution in [2.45, 2.75) is 45.8 Å². The van der Waals surface area contributed by atoms with Gasteiger partial charge in [-0.25, -0.2) is 4.79 Å². The molecular weight excluding hydrogens is 478 g/mol. The minimum absolute atomic E-state index is 0.107. The lowest BCUT2D eigenvalue weighted by Crippen LogP contribution is -2.48.